The van der Waals surface area contributed by atoms with Gasteiger partial charge in [-0.2, -0.15) is 0 Å². The molecule has 1 heteroatoms. The van der Waals surface area contributed by atoms with Crippen molar-refractivity contribution in [2.45, 2.75) is 119 Å². The lowest BCUT2D eigenvalue weighted by Crippen LogP contribution is -2.54. The minimum Gasteiger partial charge on any atom is -0.389 e. The number of fused-ring (bicyclic) bond motifs is 5. The van der Waals surface area contributed by atoms with E-state index >= 15 is 0 Å². The van der Waals surface area contributed by atoms with Gasteiger partial charge in [0.05, 0.1) is 6.10 Å². The molecule has 3 saturated carbocycles. The highest BCUT2D eigenvalue weighted by Crippen LogP contribution is 2.72. The van der Waals surface area contributed by atoms with Gasteiger partial charge in [0.25, 0.3) is 0 Å². The molecule has 0 heterocycles. The van der Waals surface area contributed by atoms with E-state index in [1.807, 2.05) is 0 Å². The minimum atomic E-state index is -0.285. The third-order valence-corrected chi connectivity index (χ3v) is 12.6. The van der Waals surface area contributed by atoms with Crippen molar-refractivity contribution in [3.05, 3.63) is 36.0 Å². The third-order valence-electron chi connectivity index (χ3n) is 12.6. The van der Waals surface area contributed by atoms with Gasteiger partial charge in [0.15, 0.2) is 0 Å². The summed E-state index contributed by atoms with van der Waals surface area (Å²) in [6.45, 7) is 26.1. The first kappa shape index (κ1) is 25.3. The Labute approximate surface area is 205 Å². The van der Waals surface area contributed by atoms with Gasteiger partial charge in [-0.1, -0.05) is 71.9 Å². The van der Waals surface area contributed by atoms with Crippen LogP contribution >= 0.6 is 0 Å². The van der Waals surface area contributed by atoms with Gasteiger partial charge in [-0.15, -0.1) is 0 Å². The van der Waals surface area contributed by atoms with Crippen molar-refractivity contribution in [3.8, 4) is 0 Å². The van der Waals surface area contributed by atoms with E-state index in [0.29, 0.717) is 28.1 Å². The van der Waals surface area contributed by atoms with Crippen molar-refractivity contribution in [1.29, 1.82) is 0 Å². The van der Waals surface area contributed by atoms with Crippen LogP contribution in [0.15, 0.2) is 36.0 Å². The van der Waals surface area contributed by atoms with Gasteiger partial charge in [0, 0.05) is 0 Å². The van der Waals surface area contributed by atoms with E-state index in [1.54, 1.807) is 5.57 Å². The number of allylic oxidation sites excluding steroid dienone is 3. The topological polar surface area (TPSA) is 20.2 Å². The van der Waals surface area contributed by atoms with Gasteiger partial charge in [-0.05, 0) is 122 Å². The van der Waals surface area contributed by atoms with Crippen LogP contribution in [0.3, 0.4) is 0 Å². The number of aliphatic hydroxyl groups is 1. The number of rotatable bonds is 6. The average Bonchev–Trinajstić information content (AvgIpc) is 3.06. The molecule has 4 aliphatic carbocycles. The second-order valence-electron chi connectivity index (χ2n) is 13.8. The summed E-state index contributed by atoms with van der Waals surface area (Å²) in [5, 5.41) is 10.5. The van der Waals surface area contributed by atoms with Crippen LogP contribution in [0, 0.1) is 45.3 Å². The van der Waals surface area contributed by atoms with Crippen molar-refractivity contribution in [2.75, 3.05) is 0 Å². The summed E-state index contributed by atoms with van der Waals surface area (Å²) in [5.74, 6) is 2.74. The molecule has 186 valence electrons. The summed E-state index contributed by atoms with van der Waals surface area (Å²) in [6.07, 6.45) is 14.8. The first-order chi connectivity index (χ1) is 15.3. The Balaban J connectivity index is 1.58. The molecule has 0 saturated heterocycles. The molecule has 0 aromatic heterocycles. The Morgan fingerprint density at radius 1 is 1.15 bits per heavy atom. The Morgan fingerprint density at radius 2 is 1.85 bits per heavy atom. The van der Waals surface area contributed by atoms with Gasteiger partial charge >= 0.3 is 0 Å². The molecular formula is C32H52O. The van der Waals surface area contributed by atoms with Crippen LogP contribution in [-0.4, -0.2) is 11.2 Å². The fourth-order valence-electron chi connectivity index (χ4n) is 9.33. The van der Waals surface area contributed by atoms with Crippen LogP contribution in [0.25, 0.3) is 0 Å². The van der Waals surface area contributed by atoms with Crippen LogP contribution in [0.4, 0.5) is 0 Å². The van der Waals surface area contributed by atoms with Crippen molar-refractivity contribution in [1.82, 2.24) is 0 Å². The molecule has 0 aliphatic heterocycles. The van der Waals surface area contributed by atoms with Gasteiger partial charge in [-0.3, -0.25) is 0 Å². The van der Waals surface area contributed by atoms with E-state index in [2.05, 4.69) is 67.7 Å². The Morgan fingerprint density at radius 3 is 2.48 bits per heavy atom. The number of hydrogen-bond acceptors (Lipinski definition) is 1. The molecule has 0 unspecified atom stereocenters. The normalized spacial score (nSPS) is 45.3. The van der Waals surface area contributed by atoms with Crippen molar-refractivity contribution in [3.63, 3.8) is 0 Å². The molecule has 4 rings (SSSR count). The van der Waals surface area contributed by atoms with Gasteiger partial charge < -0.3 is 5.11 Å². The summed E-state index contributed by atoms with van der Waals surface area (Å²) < 4.78 is 0. The molecule has 0 spiro atoms. The molecule has 1 nitrogen and oxygen atoms in total. The zero-order chi connectivity index (χ0) is 24.4. The second kappa shape index (κ2) is 8.39. The van der Waals surface area contributed by atoms with Gasteiger partial charge in [0.2, 0.25) is 0 Å². The third kappa shape index (κ3) is 3.57. The zero-order valence-electron chi connectivity index (χ0n) is 22.9. The van der Waals surface area contributed by atoms with Crippen molar-refractivity contribution >= 4 is 0 Å². The van der Waals surface area contributed by atoms with Crippen LogP contribution in [-0.2, 0) is 0 Å². The first-order valence-corrected chi connectivity index (χ1v) is 14.1. The first-order valence-electron chi connectivity index (χ1n) is 14.1. The van der Waals surface area contributed by atoms with Crippen molar-refractivity contribution < 1.29 is 5.11 Å². The van der Waals surface area contributed by atoms with E-state index in [-0.39, 0.29) is 11.5 Å². The second-order valence-corrected chi connectivity index (χ2v) is 13.8. The summed E-state index contributed by atoms with van der Waals surface area (Å²) in [4.78, 5) is 0. The smallest absolute Gasteiger partial charge is 0.0750 e. The number of hydrogen-bond donors (Lipinski definition) is 1. The van der Waals surface area contributed by atoms with E-state index in [1.165, 1.54) is 50.5 Å². The molecule has 9 atom stereocenters. The molecule has 0 aromatic rings. The molecule has 3 fully saturated rings. The highest BCUT2D eigenvalue weighted by Gasteiger charge is 2.63. The predicted molar refractivity (Wildman–Crippen MR) is 142 cm³/mol. The van der Waals surface area contributed by atoms with E-state index in [4.69, 9.17) is 0 Å². The molecule has 0 radical (unpaired) electrons. The molecule has 33 heavy (non-hydrogen) atoms. The molecule has 0 amide bonds. The summed E-state index contributed by atoms with van der Waals surface area (Å²) in [5.41, 5.74) is 5.60. The lowest BCUT2D eigenvalue weighted by Gasteiger charge is -2.61. The summed E-state index contributed by atoms with van der Waals surface area (Å²) in [6, 6.07) is 0. The maximum Gasteiger partial charge on any atom is 0.0750 e. The maximum absolute atomic E-state index is 10.5. The highest BCUT2D eigenvalue weighted by atomic mass is 16.3. The predicted octanol–water partition coefficient (Wildman–Crippen LogP) is 8.89. The lowest BCUT2D eigenvalue weighted by molar-refractivity contribution is -0.0421. The molecule has 1 N–H and O–H groups in total. The van der Waals surface area contributed by atoms with Crippen LogP contribution < -0.4 is 0 Å². The number of aliphatic hydroxyl groups excluding tert-OH is 1. The summed E-state index contributed by atoms with van der Waals surface area (Å²) >= 11 is 0. The standard InChI is InChI=1S/C32H52O/c1-10-29(6,21(2)3)17-13-22(4)24-14-19-32(9)27-12-11-25-23(5)28(33)16-18-30(25,7)26(27)15-20-31(24,32)8/h12,22,24-26,28,33H,2,5,10-11,13-20H2,1,3-4,6-9H3/t22-,24-,25+,26+,28+,29-,30+,31-,32+/m1/s1. The largest absolute Gasteiger partial charge is 0.389 e. The molecule has 0 aromatic carbocycles. The maximum atomic E-state index is 10.5. The summed E-state index contributed by atoms with van der Waals surface area (Å²) in [7, 11) is 0. The van der Waals surface area contributed by atoms with Gasteiger partial charge in [0.1, 0.15) is 0 Å². The monoisotopic (exact) mass is 452 g/mol. The van der Waals surface area contributed by atoms with Crippen molar-refractivity contribution in [2.24, 2.45) is 45.3 Å². The van der Waals surface area contributed by atoms with Crippen LogP contribution in [0.2, 0.25) is 0 Å². The SMILES string of the molecule is C=C1[C@@H](O)CC[C@@]2(C)[C@H]1CC=C1[C@@H]2CC[C@]2(C)[C@@H]([C@H](C)CC[C@@](C)(CC)C(=C)C)CC[C@@]12C. The average molecular weight is 453 g/mol. The van der Waals surface area contributed by atoms with Gasteiger partial charge in [-0.25, -0.2) is 0 Å². The van der Waals surface area contributed by atoms with Crippen LogP contribution in [0.5, 0.6) is 0 Å². The Bertz CT molecular complexity index is 835. The fourth-order valence-corrected chi connectivity index (χ4v) is 9.33. The Kier molecular flexibility index (Phi) is 6.43. The fraction of sp³-hybridized carbons (Fsp3) is 0.812. The molecule has 0 bridgehead atoms. The molecular weight excluding hydrogens is 400 g/mol. The molecule has 4 aliphatic rings. The quantitative estimate of drug-likeness (QED) is 0.399. The lowest BCUT2D eigenvalue weighted by atomic mass is 9.43. The zero-order valence-corrected chi connectivity index (χ0v) is 22.9. The Hall–Kier alpha value is -0.820. The van der Waals surface area contributed by atoms with E-state index in [0.717, 1.165) is 36.7 Å². The van der Waals surface area contributed by atoms with E-state index < -0.39 is 0 Å². The van der Waals surface area contributed by atoms with Crippen LogP contribution in [0.1, 0.15) is 113 Å². The van der Waals surface area contributed by atoms with E-state index in [9.17, 15) is 5.11 Å². The highest BCUT2D eigenvalue weighted by molar-refractivity contribution is 5.35. The minimum absolute atomic E-state index is 0.285.